The van der Waals surface area contributed by atoms with Crippen LogP contribution < -0.4 is 5.32 Å². The fourth-order valence-corrected chi connectivity index (χ4v) is 3.12. The van der Waals surface area contributed by atoms with E-state index >= 15 is 0 Å². The quantitative estimate of drug-likeness (QED) is 0.927. The first-order valence-corrected chi connectivity index (χ1v) is 7.98. The molecule has 21 heavy (non-hydrogen) atoms. The van der Waals surface area contributed by atoms with Crippen molar-refractivity contribution < 1.29 is 4.79 Å². The molecule has 0 aromatic heterocycles. The van der Waals surface area contributed by atoms with Crippen molar-refractivity contribution in [1.29, 1.82) is 0 Å². The van der Waals surface area contributed by atoms with Crippen LogP contribution in [0.15, 0.2) is 30.3 Å². The smallest absolute Gasteiger partial charge is 0.231 e. The highest BCUT2D eigenvalue weighted by molar-refractivity contribution is 5.89. The monoisotopic (exact) mass is 288 g/mol. The van der Waals surface area contributed by atoms with E-state index in [1.807, 2.05) is 39.0 Å². The molecule has 0 unspecified atom stereocenters. The molecular weight excluding hydrogens is 260 g/mol. The minimum Gasteiger partial charge on any atom is -0.351 e. The lowest BCUT2D eigenvalue weighted by atomic mass is 9.71. The number of piperidine rings is 1. The molecule has 1 heterocycles. The van der Waals surface area contributed by atoms with Crippen LogP contribution in [0.3, 0.4) is 0 Å². The molecule has 0 saturated carbocycles. The van der Waals surface area contributed by atoms with Gasteiger partial charge in [0.2, 0.25) is 5.91 Å². The van der Waals surface area contributed by atoms with Gasteiger partial charge in [-0.2, -0.15) is 0 Å². The number of hydrogen-bond acceptors (Lipinski definition) is 2. The third kappa shape index (κ3) is 3.65. The molecule has 0 aliphatic carbocycles. The van der Waals surface area contributed by atoms with Crippen LogP contribution in [0.2, 0.25) is 0 Å². The molecule has 1 amide bonds. The number of amides is 1. The van der Waals surface area contributed by atoms with Gasteiger partial charge in [0.25, 0.3) is 0 Å². The molecule has 1 aliphatic heterocycles. The van der Waals surface area contributed by atoms with E-state index < -0.39 is 0 Å². The fraction of sp³-hybridized carbons (Fsp3) is 0.611. The van der Waals surface area contributed by atoms with Crippen LogP contribution in [0.4, 0.5) is 0 Å². The van der Waals surface area contributed by atoms with Gasteiger partial charge in [-0.3, -0.25) is 4.79 Å². The van der Waals surface area contributed by atoms with Crippen LogP contribution >= 0.6 is 0 Å². The Balaban J connectivity index is 2.30. The lowest BCUT2D eigenvalue weighted by molar-refractivity contribution is -0.130. The van der Waals surface area contributed by atoms with Crippen molar-refractivity contribution in [1.82, 2.24) is 10.2 Å². The maximum Gasteiger partial charge on any atom is 0.231 e. The summed E-state index contributed by atoms with van der Waals surface area (Å²) < 4.78 is 0. The fourth-order valence-electron chi connectivity index (χ4n) is 3.12. The number of hydrogen-bond donors (Lipinski definition) is 1. The van der Waals surface area contributed by atoms with E-state index in [-0.39, 0.29) is 16.9 Å². The summed E-state index contributed by atoms with van der Waals surface area (Å²) in [5.74, 6) is 0.178. The molecule has 116 valence electrons. The van der Waals surface area contributed by atoms with Gasteiger partial charge in [0.15, 0.2) is 0 Å². The molecule has 1 fully saturated rings. The topological polar surface area (TPSA) is 32.3 Å². The molecule has 2 rings (SSSR count). The van der Waals surface area contributed by atoms with Crippen LogP contribution in [-0.4, -0.2) is 36.0 Å². The van der Waals surface area contributed by atoms with E-state index in [0.29, 0.717) is 0 Å². The van der Waals surface area contributed by atoms with Crippen molar-refractivity contribution in [3.05, 3.63) is 35.9 Å². The van der Waals surface area contributed by atoms with Crippen LogP contribution in [0.5, 0.6) is 0 Å². The predicted molar refractivity (Wildman–Crippen MR) is 87.4 cm³/mol. The SMILES string of the molecule is CCN1CCC(C(=O)NC(C)(C)C)(c2ccccc2)CC1. The van der Waals surface area contributed by atoms with Gasteiger partial charge in [-0.15, -0.1) is 0 Å². The van der Waals surface area contributed by atoms with Gasteiger partial charge < -0.3 is 10.2 Å². The number of carbonyl (C=O) groups excluding carboxylic acids is 1. The number of rotatable bonds is 3. The molecule has 0 radical (unpaired) electrons. The molecule has 1 aromatic rings. The van der Waals surface area contributed by atoms with Gasteiger partial charge in [0.05, 0.1) is 5.41 Å². The van der Waals surface area contributed by atoms with Crippen LogP contribution in [0, 0.1) is 0 Å². The number of nitrogens with one attached hydrogen (secondary N) is 1. The van der Waals surface area contributed by atoms with Gasteiger partial charge in [-0.1, -0.05) is 37.3 Å². The Morgan fingerprint density at radius 1 is 1.19 bits per heavy atom. The maximum absolute atomic E-state index is 13.0. The van der Waals surface area contributed by atoms with Crippen LogP contribution in [0.1, 0.15) is 46.1 Å². The van der Waals surface area contributed by atoms with Gasteiger partial charge in [0.1, 0.15) is 0 Å². The minimum atomic E-state index is -0.375. The second-order valence-electron chi connectivity index (χ2n) is 7.09. The Morgan fingerprint density at radius 2 is 1.76 bits per heavy atom. The lowest BCUT2D eigenvalue weighted by Gasteiger charge is -2.42. The summed E-state index contributed by atoms with van der Waals surface area (Å²) in [6.07, 6.45) is 1.79. The average molecular weight is 288 g/mol. The normalized spacial score (nSPS) is 19.2. The Morgan fingerprint density at radius 3 is 2.24 bits per heavy atom. The van der Waals surface area contributed by atoms with Crippen molar-refractivity contribution in [2.24, 2.45) is 0 Å². The maximum atomic E-state index is 13.0. The lowest BCUT2D eigenvalue weighted by Crippen LogP contribution is -2.55. The Hall–Kier alpha value is -1.35. The van der Waals surface area contributed by atoms with Gasteiger partial charge in [0, 0.05) is 5.54 Å². The van der Waals surface area contributed by atoms with Gasteiger partial charge in [-0.25, -0.2) is 0 Å². The van der Waals surface area contributed by atoms with E-state index in [1.165, 1.54) is 0 Å². The summed E-state index contributed by atoms with van der Waals surface area (Å²) in [6.45, 7) is 11.4. The molecule has 1 aromatic carbocycles. The first kappa shape index (κ1) is 16.0. The molecule has 1 saturated heterocycles. The summed E-state index contributed by atoms with van der Waals surface area (Å²) in [4.78, 5) is 15.4. The summed E-state index contributed by atoms with van der Waals surface area (Å²) in [6, 6.07) is 10.3. The Bertz CT molecular complexity index is 468. The van der Waals surface area contributed by atoms with Crippen molar-refractivity contribution in [3.63, 3.8) is 0 Å². The number of carbonyl (C=O) groups is 1. The number of likely N-dealkylation sites (tertiary alicyclic amines) is 1. The minimum absolute atomic E-state index is 0.178. The molecule has 0 spiro atoms. The summed E-state index contributed by atoms with van der Waals surface area (Å²) in [5, 5.41) is 3.20. The number of nitrogens with zero attached hydrogens (tertiary/aromatic N) is 1. The van der Waals surface area contributed by atoms with E-state index in [9.17, 15) is 4.79 Å². The molecule has 1 N–H and O–H groups in total. The van der Waals surface area contributed by atoms with Crippen molar-refractivity contribution in [3.8, 4) is 0 Å². The van der Waals surface area contributed by atoms with Crippen molar-refractivity contribution >= 4 is 5.91 Å². The molecule has 1 aliphatic rings. The zero-order valence-corrected chi connectivity index (χ0v) is 13.8. The van der Waals surface area contributed by atoms with Crippen LogP contribution in [-0.2, 0) is 10.2 Å². The van der Waals surface area contributed by atoms with Crippen LogP contribution in [0.25, 0.3) is 0 Å². The predicted octanol–water partition coefficient (Wildman–Crippen LogP) is 2.95. The second kappa shape index (κ2) is 6.18. The third-order valence-electron chi connectivity index (χ3n) is 4.41. The molecule has 3 nitrogen and oxygen atoms in total. The molecule has 3 heteroatoms. The summed E-state index contributed by atoms with van der Waals surface area (Å²) in [7, 11) is 0. The highest BCUT2D eigenvalue weighted by Gasteiger charge is 2.43. The third-order valence-corrected chi connectivity index (χ3v) is 4.41. The van der Waals surface area contributed by atoms with Gasteiger partial charge >= 0.3 is 0 Å². The van der Waals surface area contributed by atoms with Crippen molar-refractivity contribution in [2.75, 3.05) is 19.6 Å². The van der Waals surface area contributed by atoms with E-state index in [4.69, 9.17) is 0 Å². The zero-order valence-electron chi connectivity index (χ0n) is 13.8. The largest absolute Gasteiger partial charge is 0.351 e. The van der Waals surface area contributed by atoms with E-state index in [0.717, 1.165) is 38.0 Å². The molecule has 0 atom stereocenters. The highest BCUT2D eigenvalue weighted by Crippen LogP contribution is 2.36. The number of benzene rings is 1. The Labute approximate surface area is 128 Å². The van der Waals surface area contributed by atoms with E-state index in [2.05, 4.69) is 29.3 Å². The molecular formula is C18H28N2O. The summed E-state index contributed by atoms with van der Waals surface area (Å²) >= 11 is 0. The van der Waals surface area contributed by atoms with Crippen molar-refractivity contribution in [2.45, 2.75) is 51.5 Å². The standard InChI is InChI=1S/C18H28N2O/c1-5-20-13-11-18(12-14-20,15-9-7-6-8-10-15)16(21)19-17(2,3)4/h6-10H,5,11-14H2,1-4H3,(H,19,21). The molecule has 0 bridgehead atoms. The highest BCUT2D eigenvalue weighted by atomic mass is 16.2. The van der Waals surface area contributed by atoms with Gasteiger partial charge in [-0.05, 0) is 58.8 Å². The second-order valence-corrected chi connectivity index (χ2v) is 7.09. The zero-order chi connectivity index (χ0) is 15.5. The van der Waals surface area contributed by atoms with E-state index in [1.54, 1.807) is 0 Å². The Kier molecular flexibility index (Phi) is 4.72. The summed E-state index contributed by atoms with van der Waals surface area (Å²) in [5.41, 5.74) is 0.587. The first-order valence-electron chi connectivity index (χ1n) is 7.98. The average Bonchev–Trinajstić information content (AvgIpc) is 2.46. The first-order chi connectivity index (χ1) is 9.87.